The van der Waals surface area contributed by atoms with Crippen LogP contribution in [0, 0.1) is 0 Å². The highest BCUT2D eigenvalue weighted by molar-refractivity contribution is 4.39. The van der Waals surface area contributed by atoms with E-state index >= 15 is 0 Å². The van der Waals surface area contributed by atoms with Gasteiger partial charge in [0.15, 0.2) is 6.29 Å². The fourth-order valence-corrected chi connectivity index (χ4v) is 0.971. The summed E-state index contributed by atoms with van der Waals surface area (Å²) in [6.07, 6.45) is -0.188. The molecule has 0 heterocycles. The Labute approximate surface area is 86.5 Å². The van der Waals surface area contributed by atoms with E-state index in [-0.39, 0.29) is 12.4 Å². The molecule has 0 aromatic heterocycles. The van der Waals surface area contributed by atoms with Gasteiger partial charge in [-0.25, -0.2) is 0 Å². The van der Waals surface area contributed by atoms with Gasteiger partial charge in [0.25, 0.3) is 6.48 Å². The van der Waals surface area contributed by atoms with Crippen LogP contribution in [-0.4, -0.2) is 32.1 Å². The highest BCUT2D eigenvalue weighted by atomic mass is 16.9. The molecule has 0 aliphatic rings. The highest BCUT2D eigenvalue weighted by Gasteiger charge is 2.14. The fraction of sp³-hybridized carbons (Fsp3) is 1.00. The first-order valence-corrected chi connectivity index (χ1v) is 5.14. The Morgan fingerprint density at radius 2 is 1.36 bits per heavy atom. The minimum Gasteiger partial charge on any atom is -0.350 e. The summed E-state index contributed by atoms with van der Waals surface area (Å²) in [5.41, 5.74) is 0. The minimum absolute atomic E-state index is 0.133. The van der Waals surface area contributed by atoms with Crippen LogP contribution in [0.25, 0.3) is 0 Å². The van der Waals surface area contributed by atoms with E-state index in [2.05, 4.69) is 0 Å². The van der Waals surface area contributed by atoms with Crippen molar-refractivity contribution in [1.82, 2.24) is 0 Å². The van der Waals surface area contributed by atoms with Gasteiger partial charge in [0.05, 0.1) is 6.10 Å². The van der Waals surface area contributed by atoms with E-state index in [1.807, 2.05) is 34.6 Å². The molecule has 4 nitrogen and oxygen atoms in total. The van der Waals surface area contributed by atoms with Crippen LogP contribution >= 0.6 is 0 Å². The molecule has 0 radical (unpaired) electrons. The summed E-state index contributed by atoms with van der Waals surface area (Å²) in [6.45, 7) is 10.0. The summed E-state index contributed by atoms with van der Waals surface area (Å²) >= 11 is 0. The van der Waals surface area contributed by atoms with E-state index in [9.17, 15) is 0 Å². The van der Waals surface area contributed by atoms with Gasteiger partial charge in [-0.05, 0) is 34.6 Å². The fourth-order valence-electron chi connectivity index (χ4n) is 0.971. The van der Waals surface area contributed by atoms with Crippen LogP contribution in [0.3, 0.4) is 0 Å². The third kappa shape index (κ3) is 7.26. The molecular weight excluding hydrogens is 184 g/mol. The van der Waals surface area contributed by atoms with Gasteiger partial charge in [-0.3, -0.25) is 0 Å². The van der Waals surface area contributed by atoms with Gasteiger partial charge < -0.3 is 18.9 Å². The number of hydrogen-bond acceptors (Lipinski definition) is 4. The Balaban J connectivity index is 3.76. The van der Waals surface area contributed by atoms with Crippen molar-refractivity contribution in [3.63, 3.8) is 0 Å². The molecule has 14 heavy (non-hydrogen) atoms. The van der Waals surface area contributed by atoms with Crippen LogP contribution in [-0.2, 0) is 18.9 Å². The van der Waals surface area contributed by atoms with Gasteiger partial charge in [-0.15, -0.1) is 0 Å². The summed E-state index contributed by atoms with van der Waals surface area (Å²) in [6, 6.07) is 0. The molecule has 0 aliphatic heterocycles. The number of hydrogen-bond donors (Lipinski definition) is 0. The zero-order chi connectivity index (χ0) is 11.0. The molecule has 1 atom stereocenters. The summed E-state index contributed by atoms with van der Waals surface area (Å²) in [5.74, 6) is 0. The van der Waals surface area contributed by atoms with Crippen LogP contribution in [0.15, 0.2) is 0 Å². The standard InChI is InChI=1S/C10H22O4/c1-6-11-10(12-7-2)14-9(5)13-8(3)4/h8-10H,6-7H2,1-5H3. The Bertz CT molecular complexity index is 121. The molecule has 0 rings (SSSR count). The van der Waals surface area contributed by atoms with E-state index < -0.39 is 6.48 Å². The molecule has 0 aromatic rings. The monoisotopic (exact) mass is 206 g/mol. The first-order valence-electron chi connectivity index (χ1n) is 5.14. The van der Waals surface area contributed by atoms with Gasteiger partial charge in [0.1, 0.15) is 0 Å². The lowest BCUT2D eigenvalue weighted by Crippen LogP contribution is -2.28. The average Bonchev–Trinajstić information content (AvgIpc) is 2.03. The highest BCUT2D eigenvalue weighted by Crippen LogP contribution is 2.05. The first kappa shape index (κ1) is 13.8. The quantitative estimate of drug-likeness (QED) is 0.570. The molecule has 0 amide bonds. The predicted octanol–water partition coefficient (Wildman–Crippen LogP) is 2.13. The van der Waals surface area contributed by atoms with Crippen LogP contribution in [0.1, 0.15) is 34.6 Å². The molecule has 0 saturated carbocycles. The normalized spacial score (nSPS) is 13.9. The largest absolute Gasteiger partial charge is 0.350 e. The smallest absolute Gasteiger partial charge is 0.273 e. The van der Waals surface area contributed by atoms with Crippen molar-refractivity contribution in [2.75, 3.05) is 13.2 Å². The zero-order valence-electron chi connectivity index (χ0n) is 9.78. The summed E-state index contributed by atoms with van der Waals surface area (Å²) in [4.78, 5) is 0. The molecule has 0 aliphatic carbocycles. The van der Waals surface area contributed by atoms with Gasteiger partial charge in [0.2, 0.25) is 0 Å². The molecular formula is C10H22O4. The molecule has 0 bridgehead atoms. The van der Waals surface area contributed by atoms with Crippen LogP contribution in [0.5, 0.6) is 0 Å². The lowest BCUT2D eigenvalue weighted by molar-refractivity contribution is -0.338. The second kappa shape index (κ2) is 8.17. The molecule has 0 N–H and O–H groups in total. The second-order valence-electron chi connectivity index (χ2n) is 3.09. The number of ether oxygens (including phenoxy) is 4. The summed E-state index contributed by atoms with van der Waals surface area (Å²) in [5, 5.41) is 0. The van der Waals surface area contributed by atoms with Gasteiger partial charge in [-0.1, -0.05) is 0 Å². The maximum atomic E-state index is 5.39. The van der Waals surface area contributed by atoms with Crippen LogP contribution in [0.4, 0.5) is 0 Å². The van der Waals surface area contributed by atoms with E-state index in [4.69, 9.17) is 18.9 Å². The first-order chi connectivity index (χ1) is 6.60. The zero-order valence-corrected chi connectivity index (χ0v) is 9.78. The minimum atomic E-state index is -0.626. The Kier molecular flexibility index (Phi) is 8.08. The van der Waals surface area contributed by atoms with E-state index in [1.54, 1.807) is 0 Å². The molecule has 1 unspecified atom stereocenters. The maximum absolute atomic E-state index is 5.39. The maximum Gasteiger partial charge on any atom is 0.273 e. The summed E-state index contributed by atoms with van der Waals surface area (Å²) in [7, 11) is 0. The van der Waals surface area contributed by atoms with Crippen molar-refractivity contribution in [2.45, 2.75) is 53.5 Å². The van der Waals surface area contributed by atoms with Crippen molar-refractivity contribution >= 4 is 0 Å². The Morgan fingerprint density at radius 1 is 0.857 bits per heavy atom. The third-order valence-corrected chi connectivity index (χ3v) is 1.37. The predicted molar refractivity (Wildman–Crippen MR) is 53.8 cm³/mol. The Hall–Kier alpha value is -0.160. The number of rotatable bonds is 8. The molecule has 0 fully saturated rings. The van der Waals surface area contributed by atoms with Gasteiger partial charge >= 0.3 is 0 Å². The van der Waals surface area contributed by atoms with Crippen molar-refractivity contribution in [1.29, 1.82) is 0 Å². The summed E-state index contributed by atoms with van der Waals surface area (Å²) < 4.78 is 21.2. The lowest BCUT2D eigenvalue weighted by atomic mass is 10.5. The average molecular weight is 206 g/mol. The SMILES string of the molecule is CCOC(OCC)OC(C)OC(C)C. The van der Waals surface area contributed by atoms with E-state index in [0.717, 1.165) is 0 Å². The van der Waals surface area contributed by atoms with E-state index in [0.29, 0.717) is 13.2 Å². The third-order valence-electron chi connectivity index (χ3n) is 1.37. The molecule has 0 spiro atoms. The van der Waals surface area contributed by atoms with Gasteiger partial charge in [0, 0.05) is 13.2 Å². The van der Waals surface area contributed by atoms with Crippen LogP contribution in [0.2, 0.25) is 0 Å². The topological polar surface area (TPSA) is 36.9 Å². The van der Waals surface area contributed by atoms with Crippen LogP contribution < -0.4 is 0 Å². The van der Waals surface area contributed by atoms with Crippen molar-refractivity contribution < 1.29 is 18.9 Å². The van der Waals surface area contributed by atoms with Crippen molar-refractivity contribution in [2.24, 2.45) is 0 Å². The van der Waals surface area contributed by atoms with Gasteiger partial charge in [-0.2, -0.15) is 0 Å². The molecule has 0 saturated heterocycles. The molecule has 4 heteroatoms. The second-order valence-corrected chi connectivity index (χ2v) is 3.09. The van der Waals surface area contributed by atoms with Crippen molar-refractivity contribution in [3.8, 4) is 0 Å². The van der Waals surface area contributed by atoms with Crippen molar-refractivity contribution in [3.05, 3.63) is 0 Å². The Morgan fingerprint density at radius 3 is 1.71 bits per heavy atom. The molecule has 0 aromatic carbocycles. The lowest BCUT2D eigenvalue weighted by Gasteiger charge is -2.23. The molecule has 86 valence electrons. The van der Waals surface area contributed by atoms with E-state index in [1.165, 1.54) is 0 Å².